The Balaban J connectivity index is 2.20. The van der Waals surface area contributed by atoms with Crippen LogP contribution in [0.1, 0.15) is 15.9 Å². The molecule has 0 spiro atoms. The molecular formula is C14H10N4O2. The van der Waals surface area contributed by atoms with E-state index in [4.69, 9.17) is 0 Å². The van der Waals surface area contributed by atoms with Crippen molar-refractivity contribution in [3.8, 4) is 11.3 Å². The Hall–Kier alpha value is -2.89. The molecule has 4 rings (SSSR count). The van der Waals surface area contributed by atoms with Crippen LogP contribution in [0.2, 0.25) is 0 Å². The van der Waals surface area contributed by atoms with Gasteiger partial charge in [-0.15, -0.1) is 0 Å². The molecule has 0 aliphatic carbocycles. The van der Waals surface area contributed by atoms with E-state index in [-0.39, 0.29) is 11.6 Å². The molecule has 1 amide bonds. The fourth-order valence-electron chi connectivity index (χ4n) is 2.62. The molecule has 3 aromatic rings. The van der Waals surface area contributed by atoms with E-state index in [1.165, 1.54) is 10.7 Å². The zero-order valence-electron chi connectivity index (χ0n) is 10.4. The van der Waals surface area contributed by atoms with E-state index in [2.05, 4.69) is 15.4 Å². The zero-order valence-corrected chi connectivity index (χ0v) is 10.4. The van der Waals surface area contributed by atoms with Crippen molar-refractivity contribution in [3.05, 3.63) is 58.1 Å². The Bertz CT molecular complexity index is 907. The standard InChI is InChI=1S/C14H10N4O2/c19-13-11-10-5-6-16-18(10)14(20)17-12(11)9-4-2-1-3-8(9)7-15-13/h1-6H,7H2,(H,15,19)(H,17,20). The number of amides is 1. The predicted octanol–water partition coefficient (Wildman–Crippen LogP) is 0.933. The number of nitrogens with zero attached hydrogens (tertiary/aromatic N) is 2. The van der Waals surface area contributed by atoms with Gasteiger partial charge in [0.25, 0.3) is 5.91 Å². The van der Waals surface area contributed by atoms with Crippen molar-refractivity contribution in [3.63, 3.8) is 0 Å². The fourth-order valence-corrected chi connectivity index (χ4v) is 2.62. The number of benzene rings is 1. The Kier molecular flexibility index (Phi) is 2.09. The van der Waals surface area contributed by atoms with Crippen LogP contribution >= 0.6 is 0 Å². The normalized spacial score (nSPS) is 13.5. The van der Waals surface area contributed by atoms with Crippen LogP contribution in [0, 0.1) is 0 Å². The monoisotopic (exact) mass is 266 g/mol. The van der Waals surface area contributed by atoms with Crippen LogP contribution in [0.25, 0.3) is 16.8 Å². The molecule has 0 fully saturated rings. The Labute approximate surface area is 113 Å². The van der Waals surface area contributed by atoms with Crippen molar-refractivity contribution in [2.75, 3.05) is 0 Å². The predicted molar refractivity (Wildman–Crippen MR) is 72.4 cm³/mol. The maximum atomic E-state index is 12.3. The molecule has 1 aliphatic rings. The second kappa shape index (κ2) is 3.80. The highest BCUT2D eigenvalue weighted by molar-refractivity contribution is 6.07. The number of aromatic nitrogens is 3. The van der Waals surface area contributed by atoms with E-state index in [0.29, 0.717) is 23.3 Å². The van der Waals surface area contributed by atoms with Crippen LogP contribution in [0.3, 0.4) is 0 Å². The van der Waals surface area contributed by atoms with Crippen molar-refractivity contribution >= 4 is 11.4 Å². The first-order valence-electron chi connectivity index (χ1n) is 6.22. The summed E-state index contributed by atoms with van der Waals surface area (Å²) in [7, 11) is 0. The molecule has 98 valence electrons. The highest BCUT2D eigenvalue weighted by Crippen LogP contribution is 2.29. The molecule has 1 aromatic carbocycles. The number of nitrogens with one attached hydrogen (secondary N) is 2. The van der Waals surface area contributed by atoms with Crippen molar-refractivity contribution in [2.45, 2.75) is 6.54 Å². The van der Waals surface area contributed by atoms with E-state index in [0.717, 1.165) is 11.1 Å². The van der Waals surface area contributed by atoms with Gasteiger partial charge in [0.15, 0.2) is 0 Å². The summed E-state index contributed by atoms with van der Waals surface area (Å²) in [5.41, 5.74) is 2.99. The number of hydrogen-bond donors (Lipinski definition) is 2. The highest BCUT2D eigenvalue weighted by atomic mass is 16.2. The van der Waals surface area contributed by atoms with Gasteiger partial charge in [-0.1, -0.05) is 24.3 Å². The molecular weight excluding hydrogens is 256 g/mol. The number of fused-ring (bicyclic) bond motifs is 5. The average Bonchev–Trinajstić information content (AvgIpc) is 2.90. The number of carbonyl (C=O) groups excluding carboxylic acids is 1. The molecule has 2 aromatic heterocycles. The first-order valence-corrected chi connectivity index (χ1v) is 6.22. The van der Waals surface area contributed by atoms with Crippen LogP contribution in [0.4, 0.5) is 0 Å². The van der Waals surface area contributed by atoms with Gasteiger partial charge in [0, 0.05) is 12.1 Å². The first kappa shape index (κ1) is 11.0. The van der Waals surface area contributed by atoms with Gasteiger partial charge in [-0.3, -0.25) is 4.79 Å². The molecule has 6 nitrogen and oxygen atoms in total. The smallest absolute Gasteiger partial charge is 0.347 e. The van der Waals surface area contributed by atoms with E-state index < -0.39 is 0 Å². The second-order valence-electron chi connectivity index (χ2n) is 4.65. The Morgan fingerprint density at radius 2 is 2.00 bits per heavy atom. The molecule has 1 aliphatic heterocycles. The molecule has 0 radical (unpaired) electrons. The zero-order chi connectivity index (χ0) is 13.7. The molecule has 6 heteroatoms. The van der Waals surface area contributed by atoms with E-state index >= 15 is 0 Å². The summed E-state index contributed by atoms with van der Waals surface area (Å²) in [6, 6.07) is 9.30. The molecule has 3 heterocycles. The van der Waals surface area contributed by atoms with Gasteiger partial charge in [-0.05, 0) is 11.6 Å². The van der Waals surface area contributed by atoms with E-state index in [1.807, 2.05) is 24.3 Å². The summed E-state index contributed by atoms with van der Waals surface area (Å²) in [4.78, 5) is 27.1. The maximum absolute atomic E-state index is 12.3. The molecule has 2 N–H and O–H groups in total. The molecule has 20 heavy (non-hydrogen) atoms. The van der Waals surface area contributed by atoms with Crippen LogP contribution in [0.5, 0.6) is 0 Å². The lowest BCUT2D eigenvalue weighted by Gasteiger charge is -2.08. The number of aromatic amines is 1. The largest absolute Gasteiger partial charge is 0.348 e. The lowest BCUT2D eigenvalue weighted by molar-refractivity contribution is 0.0953. The number of H-pyrrole nitrogens is 1. The molecule has 0 saturated heterocycles. The molecule has 0 saturated carbocycles. The first-order chi connectivity index (χ1) is 9.75. The van der Waals surface area contributed by atoms with E-state index in [1.54, 1.807) is 6.07 Å². The van der Waals surface area contributed by atoms with Gasteiger partial charge >= 0.3 is 5.69 Å². The van der Waals surface area contributed by atoms with Crippen LogP contribution in [0.15, 0.2) is 41.3 Å². The van der Waals surface area contributed by atoms with Gasteiger partial charge in [-0.25, -0.2) is 4.79 Å². The van der Waals surface area contributed by atoms with Crippen molar-refractivity contribution in [1.82, 2.24) is 19.9 Å². The topological polar surface area (TPSA) is 79.3 Å². The summed E-state index contributed by atoms with van der Waals surface area (Å²) in [5.74, 6) is -0.210. The lowest BCUT2D eigenvalue weighted by Crippen LogP contribution is -2.25. The summed E-state index contributed by atoms with van der Waals surface area (Å²) in [6.45, 7) is 0.437. The number of hydrogen-bond acceptors (Lipinski definition) is 3. The van der Waals surface area contributed by atoms with Crippen LogP contribution in [-0.4, -0.2) is 20.5 Å². The minimum Gasteiger partial charge on any atom is -0.348 e. The van der Waals surface area contributed by atoms with Crippen molar-refractivity contribution in [2.24, 2.45) is 0 Å². The molecule has 0 unspecified atom stereocenters. The van der Waals surface area contributed by atoms with Gasteiger partial charge in [-0.2, -0.15) is 9.61 Å². The third kappa shape index (κ3) is 1.36. The fraction of sp³-hybridized carbons (Fsp3) is 0.0714. The van der Waals surface area contributed by atoms with Gasteiger partial charge < -0.3 is 10.3 Å². The molecule has 0 bridgehead atoms. The lowest BCUT2D eigenvalue weighted by atomic mass is 10.0. The third-order valence-corrected chi connectivity index (χ3v) is 3.53. The van der Waals surface area contributed by atoms with Crippen LogP contribution in [-0.2, 0) is 6.54 Å². The minimum absolute atomic E-state index is 0.210. The Morgan fingerprint density at radius 3 is 2.90 bits per heavy atom. The third-order valence-electron chi connectivity index (χ3n) is 3.53. The van der Waals surface area contributed by atoms with Crippen LogP contribution < -0.4 is 11.0 Å². The van der Waals surface area contributed by atoms with Gasteiger partial charge in [0.05, 0.1) is 23.0 Å². The summed E-state index contributed by atoms with van der Waals surface area (Å²) in [6.07, 6.45) is 1.51. The van der Waals surface area contributed by atoms with Gasteiger partial charge in [0.1, 0.15) is 0 Å². The quantitative estimate of drug-likeness (QED) is 0.635. The SMILES string of the molecule is O=C1NCc2ccccc2-c2[nH]c(=O)n3nccc3c21. The molecule has 0 atom stereocenters. The summed E-state index contributed by atoms with van der Waals surface area (Å²) < 4.78 is 1.20. The van der Waals surface area contributed by atoms with Crippen molar-refractivity contribution in [1.29, 1.82) is 0 Å². The summed E-state index contributed by atoms with van der Waals surface area (Å²) >= 11 is 0. The van der Waals surface area contributed by atoms with Crippen molar-refractivity contribution < 1.29 is 4.79 Å². The Morgan fingerprint density at radius 1 is 1.15 bits per heavy atom. The highest BCUT2D eigenvalue weighted by Gasteiger charge is 2.24. The summed E-state index contributed by atoms with van der Waals surface area (Å²) in [5, 5.41) is 6.80. The minimum atomic E-state index is -0.353. The number of carbonyl (C=O) groups is 1. The number of rotatable bonds is 0. The maximum Gasteiger partial charge on any atom is 0.347 e. The second-order valence-corrected chi connectivity index (χ2v) is 4.65. The van der Waals surface area contributed by atoms with E-state index in [9.17, 15) is 9.59 Å². The van der Waals surface area contributed by atoms with Gasteiger partial charge in [0.2, 0.25) is 0 Å². The average molecular weight is 266 g/mol.